The van der Waals surface area contributed by atoms with Gasteiger partial charge in [-0.05, 0) is 56.6 Å². The lowest BCUT2D eigenvalue weighted by atomic mass is 9.77. The van der Waals surface area contributed by atoms with Crippen LogP contribution in [0.4, 0.5) is 10.1 Å². The Kier molecular flexibility index (Phi) is 3.59. The zero-order valence-corrected chi connectivity index (χ0v) is 12.3. The van der Waals surface area contributed by atoms with Crippen molar-refractivity contribution in [3.8, 4) is 5.75 Å². The Labute approximate surface area is 121 Å². The smallest absolute Gasteiger partial charge is 0.119 e. The van der Waals surface area contributed by atoms with Crippen LogP contribution >= 0.6 is 0 Å². The molecule has 0 amide bonds. The number of anilines is 1. The van der Waals surface area contributed by atoms with Gasteiger partial charge in [-0.15, -0.1) is 0 Å². The highest BCUT2D eigenvalue weighted by molar-refractivity contribution is 5.62. The summed E-state index contributed by atoms with van der Waals surface area (Å²) in [5.74, 6) is 0.810. The molecule has 1 aromatic carbocycles. The molecule has 0 spiro atoms. The van der Waals surface area contributed by atoms with E-state index in [0.717, 1.165) is 30.0 Å². The molecule has 1 saturated heterocycles. The Hall–Kier alpha value is -1.29. The molecule has 1 N–H and O–H groups in total. The number of halogens is 1. The fraction of sp³-hybridized carbons (Fsp3) is 0.625. The van der Waals surface area contributed by atoms with Crippen LogP contribution in [-0.4, -0.2) is 44.9 Å². The number of hydrogen-bond acceptors (Lipinski definition) is 3. The monoisotopic (exact) mass is 280 g/mol. The van der Waals surface area contributed by atoms with E-state index in [0.29, 0.717) is 12.6 Å². The van der Waals surface area contributed by atoms with Crippen molar-refractivity contribution in [2.75, 3.05) is 39.2 Å². The number of ether oxygens (including phenoxy) is 1. The normalized spacial score (nSPS) is 29.2. The van der Waals surface area contributed by atoms with Crippen molar-refractivity contribution in [3.63, 3.8) is 0 Å². The van der Waals surface area contributed by atoms with Crippen molar-refractivity contribution in [2.45, 2.75) is 30.7 Å². The van der Waals surface area contributed by atoms with Gasteiger partial charge in [0.1, 0.15) is 12.4 Å². The molecule has 2 heterocycles. The standard InChI is InChI=1S/C16H23FN2O.H2/c1-19-7-3-4-12(19)9-16(10-17)11-18-15-6-5-13(20-2)8-14(15)16;/h5-6,8,12,18H,3-4,7,9-11H2,1-2H3;1H/t12-,16?;/m0./s1. The molecule has 0 aliphatic carbocycles. The minimum Gasteiger partial charge on any atom is -0.497 e. The first-order valence-corrected chi connectivity index (χ1v) is 7.37. The zero-order chi connectivity index (χ0) is 14.2. The fourth-order valence-corrected chi connectivity index (χ4v) is 3.65. The number of likely N-dealkylation sites (tertiary alicyclic amines) is 1. The molecule has 2 atom stereocenters. The van der Waals surface area contributed by atoms with Gasteiger partial charge in [-0.2, -0.15) is 0 Å². The average molecular weight is 280 g/mol. The second kappa shape index (κ2) is 5.24. The number of benzene rings is 1. The Morgan fingerprint density at radius 2 is 2.40 bits per heavy atom. The molecule has 1 fully saturated rings. The summed E-state index contributed by atoms with van der Waals surface area (Å²) in [6, 6.07) is 6.43. The number of hydrogen-bond donors (Lipinski definition) is 1. The van der Waals surface area contributed by atoms with Crippen LogP contribution in [-0.2, 0) is 5.41 Å². The van der Waals surface area contributed by atoms with Gasteiger partial charge in [-0.3, -0.25) is 4.39 Å². The summed E-state index contributed by atoms with van der Waals surface area (Å²) in [5, 5.41) is 3.37. The van der Waals surface area contributed by atoms with E-state index >= 15 is 0 Å². The maximum absolute atomic E-state index is 13.9. The molecule has 0 radical (unpaired) electrons. The summed E-state index contributed by atoms with van der Waals surface area (Å²) in [4.78, 5) is 2.37. The van der Waals surface area contributed by atoms with Crippen molar-refractivity contribution in [1.82, 2.24) is 4.90 Å². The molecule has 0 saturated carbocycles. The predicted molar refractivity (Wildman–Crippen MR) is 81.5 cm³/mol. The van der Waals surface area contributed by atoms with Crippen LogP contribution in [0, 0.1) is 0 Å². The van der Waals surface area contributed by atoms with Gasteiger partial charge in [0.05, 0.1) is 7.11 Å². The number of nitrogens with zero attached hydrogens (tertiary/aromatic N) is 1. The SMILES string of the molecule is COc1ccc2c(c1)C(CF)(C[C@@H]1CCCN1C)CN2.[HH]. The van der Waals surface area contributed by atoms with E-state index in [1.54, 1.807) is 7.11 Å². The van der Waals surface area contributed by atoms with E-state index in [2.05, 4.69) is 17.3 Å². The van der Waals surface area contributed by atoms with Crippen LogP contribution in [0.1, 0.15) is 26.3 Å². The second-order valence-corrected chi connectivity index (χ2v) is 6.16. The van der Waals surface area contributed by atoms with Crippen molar-refractivity contribution in [2.24, 2.45) is 0 Å². The molecule has 1 unspecified atom stereocenters. The summed E-state index contributed by atoms with van der Waals surface area (Å²) in [6.45, 7) is 1.51. The Bertz CT molecular complexity index is 499. The van der Waals surface area contributed by atoms with Crippen LogP contribution in [0.25, 0.3) is 0 Å². The molecule has 3 rings (SSSR count). The highest BCUT2D eigenvalue weighted by Crippen LogP contribution is 2.43. The van der Waals surface area contributed by atoms with Gasteiger partial charge in [-0.1, -0.05) is 0 Å². The van der Waals surface area contributed by atoms with E-state index in [9.17, 15) is 4.39 Å². The van der Waals surface area contributed by atoms with Crippen LogP contribution in [0.2, 0.25) is 0 Å². The Morgan fingerprint density at radius 3 is 3.05 bits per heavy atom. The van der Waals surface area contributed by atoms with E-state index in [-0.39, 0.29) is 8.10 Å². The fourth-order valence-electron chi connectivity index (χ4n) is 3.65. The molecule has 1 aromatic rings. The molecule has 3 nitrogen and oxygen atoms in total. The lowest BCUT2D eigenvalue weighted by Gasteiger charge is -2.32. The minimum absolute atomic E-state index is 0. The molecule has 4 heteroatoms. The molecule has 112 valence electrons. The van der Waals surface area contributed by atoms with Gasteiger partial charge in [0.25, 0.3) is 0 Å². The van der Waals surface area contributed by atoms with E-state index in [1.807, 2.05) is 18.2 Å². The van der Waals surface area contributed by atoms with Gasteiger partial charge in [-0.25, -0.2) is 0 Å². The average Bonchev–Trinajstić information content (AvgIpc) is 3.04. The summed E-state index contributed by atoms with van der Waals surface area (Å²) in [5.41, 5.74) is 1.75. The van der Waals surface area contributed by atoms with Crippen LogP contribution in [0.5, 0.6) is 5.75 Å². The minimum atomic E-state index is -0.396. The van der Waals surface area contributed by atoms with Gasteiger partial charge in [0.15, 0.2) is 0 Å². The predicted octanol–water partition coefficient (Wildman–Crippen LogP) is 3.06. The molecule has 0 aromatic heterocycles. The molecule has 0 bridgehead atoms. The number of alkyl halides is 1. The maximum atomic E-state index is 13.9. The molecular weight excluding hydrogens is 255 g/mol. The van der Waals surface area contributed by atoms with Gasteiger partial charge < -0.3 is 15.0 Å². The van der Waals surface area contributed by atoms with Crippen LogP contribution in [0.15, 0.2) is 18.2 Å². The quantitative estimate of drug-likeness (QED) is 0.917. The van der Waals surface area contributed by atoms with Crippen molar-refractivity contribution < 1.29 is 10.6 Å². The maximum Gasteiger partial charge on any atom is 0.119 e. The molecule has 2 aliphatic rings. The van der Waals surface area contributed by atoms with E-state index in [1.165, 1.54) is 12.8 Å². The highest BCUT2D eigenvalue weighted by Gasteiger charge is 2.42. The second-order valence-electron chi connectivity index (χ2n) is 6.16. The largest absolute Gasteiger partial charge is 0.497 e. The molecule has 2 aliphatic heterocycles. The first-order chi connectivity index (χ1) is 9.68. The molecular formula is C16H25FN2O. The summed E-state index contributed by atoms with van der Waals surface area (Å²) >= 11 is 0. The Balaban J connectivity index is 0.00000161. The van der Waals surface area contributed by atoms with Crippen LogP contribution < -0.4 is 10.1 Å². The summed E-state index contributed by atoms with van der Waals surface area (Å²) in [7, 11) is 3.81. The first-order valence-electron chi connectivity index (χ1n) is 7.37. The van der Waals surface area contributed by atoms with Gasteiger partial charge >= 0.3 is 0 Å². The van der Waals surface area contributed by atoms with Crippen molar-refractivity contribution in [1.29, 1.82) is 0 Å². The van der Waals surface area contributed by atoms with E-state index in [4.69, 9.17) is 4.74 Å². The summed E-state index contributed by atoms with van der Waals surface area (Å²) in [6.07, 6.45) is 3.28. The third kappa shape index (κ3) is 2.16. The third-order valence-corrected chi connectivity index (χ3v) is 4.97. The highest BCUT2D eigenvalue weighted by atomic mass is 19.1. The lowest BCUT2D eigenvalue weighted by Crippen LogP contribution is -2.39. The van der Waals surface area contributed by atoms with Crippen LogP contribution in [0.3, 0.4) is 0 Å². The first kappa shape index (κ1) is 13.7. The van der Waals surface area contributed by atoms with Crippen molar-refractivity contribution >= 4 is 5.69 Å². The lowest BCUT2D eigenvalue weighted by molar-refractivity contribution is 0.216. The van der Waals surface area contributed by atoms with E-state index < -0.39 is 5.41 Å². The Morgan fingerprint density at radius 1 is 1.55 bits per heavy atom. The molecule has 20 heavy (non-hydrogen) atoms. The summed E-state index contributed by atoms with van der Waals surface area (Å²) < 4.78 is 19.3. The van der Waals surface area contributed by atoms with Gasteiger partial charge in [0, 0.05) is 25.1 Å². The number of fused-ring (bicyclic) bond motifs is 1. The number of rotatable bonds is 4. The third-order valence-electron chi connectivity index (χ3n) is 4.97. The number of methoxy groups -OCH3 is 1. The van der Waals surface area contributed by atoms with Gasteiger partial charge in [0.2, 0.25) is 0 Å². The number of nitrogens with one attached hydrogen (secondary N) is 1. The van der Waals surface area contributed by atoms with Crippen molar-refractivity contribution in [3.05, 3.63) is 23.8 Å². The topological polar surface area (TPSA) is 24.5 Å². The zero-order valence-electron chi connectivity index (χ0n) is 12.3.